The van der Waals surface area contributed by atoms with E-state index < -0.39 is 0 Å². The van der Waals surface area contributed by atoms with Crippen LogP contribution in [0, 0.1) is 6.92 Å². The Bertz CT molecular complexity index is 738. The second-order valence-corrected chi connectivity index (χ2v) is 8.35. The van der Waals surface area contributed by atoms with Crippen LogP contribution in [-0.2, 0) is 0 Å². The molecule has 0 unspecified atom stereocenters. The second-order valence-electron chi connectivity index (χ2n) is 3.51. The highest BCUT2D eigenvalue weighted by molar-refractivity contribution is 8.03. The van der Waals surface area contributed by atoms with E-state index in [1.165, 1.54) is 16.6 Å². The summed E-state index contributed by atoms with van der Waals surface area (Å²) in [6, 6.07) is 2.08. The molecular formula is C10H7ClN4S4. The Morgan fingerprint density at radius 1 is 1.16 bits per heavy atom. The van der Waals surface area contributed by atoms with Gasteiger partial charge in [0, 0.05) is 10.3 Å². The Balaban J connectivity index is 2.03. The molecule has 98 valence electrons. The van der Waals surface area contributed by atoms with Gasteiger partial charge in [0.15, 0.2) is 8.68 Å². The van der Waals surface area contributed by atoms with Crippen LogP contribution in [0.2, 0.25) is 5.28 Å². The Morgan fingerprint density at radius 3 is 2.68 bits per heavy atom. The van der Waals surface area contributed by atoms with Gasteiger partial charge >= 0.3 is 0 Å². The molecule has 4 nitrogen and oxygen atoms in total. The molecule has 3 heterocycles. The van der Waals surface area contributed by atoms with Crippen molar-refractivity contribution in [3.63, 3.8) is 0 Å². The first-order chi connectivity index (χ1) is 9.15. The minimum atomic E-state index is 0.270. The highest BCUT2D eigenvalue weighted by atomic mass is 35.5. The zero-order chi connectivity index (χ0) is 13.4. The van der Waals surface area contributed by atoms with Crippen molar-refractivity contribution < 1.29 is 0 Å². The lowest BCUT2D eigenvalue weighted by molar-refractivity contribution is 0.954. The van der Waals surface area contributed by atoms with Crippen molar-refractivity contribution >= 4 is 68.0 Å². The van der Waals surface area contributed by atoms with Gasteiger partial charge in [0.25, 0.3) is 0 Å². The summed E-state index contributed by atoms with van der Waals surface area (Å²) in [5.74, 6) is 0. The maximum atomic E-state index is 5.97. The van der Waals surface area contributed by atoms with Crippen molar-refractivity contribution in [2.24, 2.45) is 0 Å². The average Bonchev–Trinajstić information content (AvgIpc) is 2.94. The molecular weight excluding hydrogens is 340 g/mol. The topological polar surface area (TPSA) is 51.6 Å². The summed E-state index contributed by atoms with van der Waals surface area (Å²) in [6.45, 7) is 2.05. The Hall–Kier alpha value is -0.410. The molecule has 19 heavy (non-hydrogen) atoms. The highest BCUT2D eigenvalue weighted by Crippen LogP contribution is 2.37. The predicted molar refractivity (Wildman–Crippen MR) is 83.0 cm³/mol. The van der Waals surface area contributed by atoms with Gasteiger partial charge in [-0.2, -0.15) is 0 Å². The molecule has 0 saturated carbocycles. The lowest BCUT2D eigenvalue weighted by Crippen LogP contribution is -1.86. The zero-order valence-corrected chi connectivity index (χ0v) is 13.9. The fourth-order valence-electron chi connectivity index (χ4n) is 1.47. The minimum absolute atomic E-state index is 0.270. The number of thiophene rings is 1. The lowest BCUT2D eigenvalue weighted by Gasteiger charge is -1.99. The molecule has 3 rings (SSSR count). The van der Waals surface area contributed by atoms with Gasteiger partial charge in [0.1, 0.15) is 9.86 Å². The van der Waals surface area contributed by atoms with E-state index >= 15 is 0 Å². The normalized spacial score (nSPS) is 11.3. The first-order valence-corrected chi connectivity index (χ1v) is 9.20. The summed E-state index contributed by atoms with van der Waals surface area (Å²) in [6.07, 6.45) is 1.98. The maximum absolute atomic E-state index is 5.97. The number of nitrogens with zero attached hydrogens (tertiary/aromatic N) is 4. The molecule has 3 aromatic heterocycles. The van der Waals surface area contributed by atoms with Crippen molar-refractivity contribution in [3.8, 4) is 0 Å². The minimum Gasteiger partial charge on any atom is -0.210 e. The van der Waals surface area contributed by atoms with E-state index in [9.17, 15) is 0 Å². The van der Waals surface area contributed by atoms with Crippen LogP contribution in [0.5, 0.6) is 0 Å². The monoisotopic (exact) mass is 346 g/mol. The summed E-state index contributed by atoms with van der Waals surface area (Å²) < 4.78 is 1.81. The van der Waals surface area contributed by atoms with E-state index in [4.69, 9.17) is 11.6 Å². The predicted octanol–water partition coefficient (Wildman–Crippen LogP) is 4.38. The molecule has 0 saturated heterocycles. The van der Waals surface area contributed by atoms with Gasteiger partial charge in [-0.3, -0.25) is 0 Å². The van der Waals surface area contributed by atoms with Crippen molar-refractivity contribution in [1.82, 2.24) is 20.2 Å². The number of hydrogen-bond donors (Lipinski definition) is 0. The van der Waals surface area contributed by atoms with Crippen LogP contribution < -0.4 is 0 Å². The maximum Gasteiger partial charge on any atom is 0.224 e. The van der Waals surface area contributed by atoms with E-state index in [1.54, 1.807) is 34.4 Å². The smallest absolute Gasteiger partial charge is 0.210 e. The number of halogens is 1. The first-order valence-electron chi connectivity index (χ1n) is 5.15. The molecule has 0 radical (unpaired) electrons. The van der Waals surface area contributed by atoms with Gasteiger partial charge in [-0.15, -0.1) is 21.5 Å². The van der Waals surface area contributed by atoms with E-state index in [2.05, 4.69) is 26.2 Å². The third-order valence-electron chi connectivity index (χ3n) is 2.20. The first kappa shape index (κ1) is 13.6. The van der Waals surface area contributed by atoms with Gasteiger partial charge in [0.05, 0.1) is 0 Å². The molecule has 0 fully saturated rings. The summed E-state index contributed by atoms with van der Waals surface area (Å²) in [4.78, 5) is 10.6. The molecule has 0 aromatic carbocycles. The molecule has 0 aliphatic rings. The summed E-state index contributed by atoms with van der Waals surface area (Å²) >= 11 is 12.2. The van der Waals surface area contributed by atoms with Crippen LogP contribution in [-0.4, -0.2) is 26.4 Å². The van der Waals surface area contributed by atoms with Crippen molar-refractivity contribution in [3.05, 3.63) is 16.2 Å². The van der Waals surface area contributed by atoms with Crippen LogP contribution in [0.15, 0.2) is 19.8 Å². The Labute approximate surface area is 131 Å². The van der Waals surface area contributed by atoms with Crippen LogP contribution in [0.3, 0.4) is 0 Å². The van der Waals surface area contributed by atoms with Gasteiger partial charge in [-0.1, -0.05) is 23.1 Å². The molecule has 0 amide bonds. The third kappa shape index (κ3) is 2.87. The average molecular weight is 347 g/mol. The van der Waals surface area contributed by atoms with E-state index in [1.807, 2.05) is 13.2 Å². The number of aryl methyl sites for hydroxylation is 1. The van der Waals surface area contributed by atoms with E-state index in [0.29, 0.717) is 0 Å². The van der Waals surface area contributed by atoms with Gasteiger partial charge < -0.3 is 0 Å². The fourth-order valence-corrected chi connectivity index (χ4v) is 5.13. The summed E-state index contributed by atoms with van der Waals surface area (Å²) in [5.41, 5.74) is 0. The molecule has 0 atom stereocenters. The standard InChI is InChI=1S/C10H7ClN4S4/c1-4-3-5-6(17-4)12-8(11)13-7(5)18-10-15-14-9(16-2)19-10/h3H,1-2H3. The highest BCUT2D eigenvalue weighted by Gasteiger charge is 2.13. The number of thioether (sulfide) groups is 1. The van der Waals surface area contributed by atoms with Crippen LogP contribution in [0.25, 0.3) is 10.2 Å². The summed E-state index contributed by atoms with van der Waals surface area (Å²) in [5, 5.41) is 10.3. The molecule has 0 aliphatic heterocycles. The number of aromatic nitrogens is 4. The van der Waals surface area contributed by atoms with Crippen molar-refractivity contribution in [2.45, 2.75) is 20.6 Å². The molecule has 3 aromatic rings. The van der Waals surface area contributed by atoms with Crippen molar-refractivity contribution in [1.29, 1.82) is 0 Å². The SMILES string of the molecule is CSc1nnc(Sc2nc(Cl)nc3sc(C)cc23)s1. The molecule has 0 bridgehead atoms. The molecule has 0 N–H and O–H groups in total. The molecule has 9 heteroatoms. The summed E-state index contributed by atoms with van der Waals surface area (Å²) in [7, 11) is 0. The number of fused-ring (bicyclic) bond motifs is 1. The van der Waals surface area contributed by atoms with Crippen LogP contribution in [0.1, 0.15) is 4.88 Å². The van der Waals surface area contributed by atoms with Gasteiger partial charge in [0.2, 0.25) is 5.28 Å². The van der Waals surface area contributed by atoms with Gasteiger partial charge in [-0.25, -0.2) is 9.97 Å². The zero-order valence-electron chi connectivity index (χ0n) is 9.88. The lowest BCUT2D eigenvalue weighted by atomic mass is 10.4. The van der Waals surface area contributed by atoms with Gasteiger partial charge in [-0.05, 0) is 42.6 Å². The number of rotatable bonds is 3. The largest absolute Gasteiger partial charge is 0.224 e. The third-order valence-corrected chi connectivity index (χ3v) is 6.27. The fraction of sp³-hybridized carbons (Fsp3) is 0.200. The van der Waals surface area contributed by atoms with Crippen LogP contribution in [0.4, 0.5) is 0 Å². The van der Waals surface area contributed by atoms with Crippen LogP contribution >= 0.6 is 57.8 Å². The van der Waals surface area contributed by atoms with E-state index in [0.717, 1.165) is 23.9 Å². The van der Waals surface area contributed by atoms with E-state index in [-0.39, 0.29) is 5.28 Å². The quantitative estimate of drug-likeness (QED) is 0.398. The second kappa shape index (κ2) is 5.53. The Morgan fingerprint density at radius 2 is 1.95 bits per heavy atom. The molecule has 0 aliphatic carbocycles. The number of hydrogen-bond acceptors (Lipinski definition) is 8. The van der Waals surface area contributed by atoms with Crippen molar-refractivity contribution in [2.75, 3.05) is 6.26 Å². The molecule has 0 spiro atoms. The Kier molecular flexibility index (Phi) is 3.95.